The number of carbonyl (C=O) groups is 1. The minimum absolute atomic E-state index is 0.0857. The number of likely N-dealkylation sites (tertiary alicyclic amines) is 1. The monoisotopic (exact) mass is 464 g/mol. The van der Waals surface area contributed by atoms with E-state index in [2.05, 4.69) is 10.2 Å². The molecule has 3 heterocycles. The summed E-state index contributed by atoms with van der Waals surface area (Å²) in [6, 6.07) is 9.48. The third-order valence-electron chi connectivity index (χ3n) is 6.16. The molecular formula is C22H29ClN4O3S. The summed E-state index contributed by atoms with van der Waals surface area (Å²) in [5.41, 5.74) is 1.60. The van der Waals surface area contributed by atoms with E-state index in [0.29, 0.717) is 18.8 Å². The Bertz CT molecular complexity index is 1020. The van der Waals surface area contributed by atoms with Crippen LogP contribution in [0, 0.1) is 0 Å². The Labute approximate surface area is 189 Å². The molecule has 2 saturated heterocycles. The Kier molecular flexibility index (Phi) is 6.71. The maximum Gasteiger partial charge on any atom is 0.268 e. The van der Waals surface area contributed by atoms with Gasteiger partial charge in [-0.05, 0) is 49.4 Å². The van der Waals surface area contributed by atoms with Gasteiger partial charge < -0.3 is 9.88 Å². The number of amides is 1. The summed E-state index contributed by atoms with van der Waals surface area (Å²) < 4.78 is 28.7. The highest BCUT2D eigenvalue weighted by atomic mass is 35.5. The number of rotatable bonds is 6. The summed E-state index contributed by atoms with van der Waals surface area (Å²) in [6.45, 7) is 3.76. The van der Waals surface area contributed by atoms with E-state index in [1.54, 1.807) is 11.6 Å². The predicted molar refractivity (Wildman–Crippen MR) is 121 cm³/mol. The lowest BCUT2D eigenvalue weighted by molar-refractivity contribution is 0.0900. The summed E-state index contributed by atoms with van der Waals surface area (Å²) in [6.07, 6.45) is 5.04. The molecule has 0 aliphatic carbocycles. The molecule has 1 aromatic heterocycles. The molecule has 0 unspecified atom stereocenters. The van der Waals surface area contributed by atoms with E-state index in [9.17, 15) is 13.2 Å². The summed E-state index contributed by atoms with van der Waals surface area (Å²) in [5, 5.41) is 3.83. The number of halogens is 1. The smallest absolute Gasteiger partial charge is 0.268 e. The molecule has 9 heteroatoms. The van der Waals surface area contributed by atoms with Gasteiger partial charge in [0.15, 0.2) is 0 Å². The van der Waals surface area contributed by atoms with Crippen molar-refractivity contribution in [3.63, 3.8) is 0 Å². The highest BCUT2D eigenvalue weighted by Gasteiger charge is 2.30. The zero-order chi connectivity index (χ0) is 22.0. The van der Waals surface area contributed by atoms with Gasteiger partial charge in [-0.2, -0.15) is 4.31 Å². The Balaban J connectivity index is 1.33. The number of piperidine rings is 1. The second-order valence-electron chi connectivity index (χ2n) is 8.43. The number of aromatic nitrogens is 1. The summed E-state index contributed by atoms with van der Waals surface area (Å²) in [7, 11) is -1.81. The first kappa shape index (κ1) is 22.3. The molecular weight excluding hydrogens is 436 g/mol. The Morgan fingerprint density at radius 2 is 1.74 bits per heavy atom. The topological polar surface area (TPSA) is 74.6 Å². The van der Waals surface area contributed by atoms with E-state index < -0.39 is 10.0 Å². The molecule has 2 aromatic rings. The van der Waals surface area contributed by atoms with Crippen molar-refractivity contribution < 1.29 is 13.2 Å². The fourth-order valence-electron chi connectivity index (χ4n) is 4.32. The van der Waals surface area contributed by atoms with Gasteiger partial charge in [0.2, 0.25) is 10.0 Å². The van der Waals surface area contributed by atoms with Crippen molar-refractivity contribution in [2.75, 3.05) is 26.2 Å². The molecule has 0 saturated carbocycles. The average molecular weight is 465 g/mol. The van der Waals surface area contributed by atoms with Crippen LogP contribution in [0.2, 0.25) is 5.02 Å². The zero-order valence-electron chi connectivity index (χ0n) is 17.8. The van der Waals surface area contributed by atoms with E-state index in [0.717, 1.165) is 50.3 Å². The lowest BCUT2D eigenvalue weighted by atomic mass is 10.0. The van der Waals surface area contributed by atoms with E-state index in [4.69, 9.17) is 11.6 Å². The standard InChI is InChI=1S/C22H29ClN4O3S/c1-25-16-20(31(29,30)27-10-2-3-11-27)14-21(25)22(28)24-19-8-12-26(13-9-19)15-17-4-6-18(23)7-5-17/h4-7,14,16,19H,2-3,8-13,15H2,1H3,(H,24,28). The van der Waals surface area contributed by atoms with Crippen molar-refractivity contribution in [3.05, 3.63) is 52.8 Å². The molecule has 2 aliphatic heterocycles. The largest absolute Gasteiger partial charge is 0.348 e. The van der Waals surface area contributed by atoms with Gasteiger partial charge in [-0.15, -0.1) is 0 Å². The molecule has 1 amide bonds. The van der Waals surface area contributed by atoms with E-state index in [-0.39, 0.29) is 16.8 Å². The molecule has 0 radical (unpaired) electrons. The second kappa shape index (κ2) is 9.32. The number of nitrogens with zero attached hydrogens (tertiary/aromatic N) is 3. The number of sulfonamides is 1. The van der Waals surface area contributed by atoms with Crippen molar-refractivity contribution in [2.24, 2.45) is 7.05 Å². The normalized spacial score (nSPS) is 19.0. The lowest BCUT2D eigenvalue weighted by Gasteiger charge is -2.32. The van der Waals surface area contributed by atoms with Crippen molar-refractivity contribution in [3.8, 4) is 0 Å². The lowest BCUT2D eigenvalue weighted by Crippen LogP contribution is -2.44. The Hall–Kier alpha value is -1.87. The fraction of sp³-hybridized carbons (Fsp3) is 0.500. The van der Waals surface area contributed by atoms with Crippen LogP contribution in [0.1, 0.15) is 41.7 Å². The summed E-state index contributed by atoms with van der Waals surface area (Å²) >= 11 is 5.95. The summed E-state index contributed by atoms with van der Waals surface area (Å²) in [4.78, 5) is 15.4. The van der Waals surface area contributed by atoms with Crippen LogP contribution in [0.3, 0.4) is 0 Å². The first-order valence-corrected chi connectivity index (χ1v) is 12.6. The second-order valence-corrected chi connectivity index (χ2v) is 10.8. The van der Waals surface area contributed by atoms with E-state index in [1.807, 2.05) is 24.3 Å². The fourth-order valence-corrected chi connectivity index (χ4v) is 6.04. The first-order valence-electron chi connectivity index (χ1n) is 10.8. The third kappa shape index (κ3) is 5.14. The van der Waals surface area contributed by atoms with Crippen LogP contribution in [0.15, 0.2) is 41.4 Å². The van der Waals surface area contributed by atoms with Crippen molar-refractivity contribution in [1.82, 2.24) is 19.1 Å². The molecule has 4 rings (SSSR count). The SMILES string of the molecule is Cn1cc(S(=O)(=O)N2CCCC2)cc1C(=O)NC1CCN(Cc2ccc(Cl)cc2)CC1. The number of carbonyl (C=O) groups excluding carboxylic acids is 1. The number of hydrogen-bond donors (Lipinski definition) is 1. The van der Waals surface area contributed by atoms with Crippen LogP contribution >= 0.6 is 11.6 Å². The Morgan fingerprint density at radius 3 is 2.39 bits per heavy atom. The molecule has 2 aliphatic rings. The van der Waals surface area contributed by atoms with Gasteiger partial charge in [0.1, 0.15) is 10.6 Å². The van der Waals surface area contributed by atoms with Crippen molar-refractivity contribution >= 4 is 27.5 Å². The summed E-state index contributed by atoms with van der Waals surface area (Å²) in [5.74, 6) is -0.221. The molecule has 7 nitrogen and oxygen atoms in total. The molecule has 0 spiro atoms. The molecule has 0 atom stereocenters. The van der Waals surface area contributed by atoms with Gasteiger partial charge >= 0.3 is 0 Å². The van der Waals surface area contributed by atoms with Crippen LogP contribution in [-0.2, 0) is 23.6 Å². The van der Waals surface area contributed by atoms with Gasteiger partial charge in [-0.1, -0.05) is 23.7 Å². The van der Waals surface area contributed by atoms with E-state index >= 15 is 0 Å². The van der Waals surface area contributed by atoms with Gasteiger partial charge in [0.05, 0.1) is 0 Å². The van der Waals surface area contributed by atoms with Gasteiger partial charge in [-0.3, -0.25) is 9.69 Å². The molecule has 0 bridgehead atoms. The van der Waals surface area contributed by atoms with Crippen LogP contribution in [0.25, 0.3) is 0 Å². The van der Waals surface area contributed by atoms with E-state index in [1.165, 1.54) is 22.1 Å². The number of nitrogens with one attached hydrogen (secondary N) is 1. The van der Waals surface area contributed by atoms with Crippen molar-refractivity contribution in [1.29, 1.82) is 0 Å². The number of benzene rings is 1. The number of aryl methyl sites for hydroxylation is 1. The number of hydrogen-bond acceptors (Lipinski definition) is 4. The maximum atomic E-state index is 12.8. The molecule has 1 N–H and O–H groups in total. The molecule has 1 aromatic carbocycles. The average Bonchev–Trinajstić information content (AvgIpc) is 3.42. The predicted octanol–water partition coefficient (Wildman–Crippen LogP) is 2.86. The molecule has 2 fully saturated rings. The highest BCUT2D eigenvalue weighted by molar-refractivity contribution is 7.89. The quantitative estimate of drug-likeness (QED) is 0.713. The maximum absolute atomic E-state index is 12.8. The Morgan fingerprint density at radius 1 is 1.10 bits per heavy atom. The van der Waals surface area contributed by atoms with Gasteiger partial charge in [0.25, 0.3) is 5.91 Å². The van der Waals surface area contributed by atoms with Crippen LogP contribution in [0.4, 0.5) is 0 Å². The van der Waals surface area contributed by atoms with Crippen LogP contribution in [-0.4, -0.2) is 60.3 Å². The van der Waals surface area contributed by atoms with Crippen LogP contribution < -0.4 is 5.32 Å². The molecule has 168 valence electrons. The minimum Gasteiger partial charge on any atom is -0.348 e. The highest BCUT2D eigenvalue weighted by Crippen LogP contribution is 2.23. The van der Waals surface area contributed by atoms with Gasteiger partial charge in [0, 0.05) is 57.0 Å². The van der Waals surface area contributed by atoms with Crippen molar-refractivity contribution in [2.45, 2.75) is 43.2 Å². The third-order valence-corrected chi connectivity index (χ3v) is 8.27. The van der Waals surface area contributed by atoms with Gasteiger partial charge in [-0.25, -0.2) is 8.42 Å². The molecule has 31 heavy (non-hydrogen) atoms. The minimum atomic E-state index is -3.53. The zero-order valence-corrected chi connectivity index (χ0v) is 19.3. The van der Waals surface area contributed by atoms with Crippen LogP contribution in [0.5, 0.6) is 0 Å². The first-order chi connectivity index (χ1) is 14.8.